The van der Waals surface area contributed by atoms with Crippen molar-refractivity contribution in [2.24, 2.45) is 5.92 Å². The van der Waals surface area contributed by atoms with Gasteiger partial charge in [-0.15, -0.1) is 0 Å². The summed E-state index contributed by atoms with van der Waals surface area (Å²) in [7, 11) is 1.57. The lowest BCUT2D eigenvalue weighted by molar-refractivity contribution is 0.398. The second-order valence-electron chi connectivity index (χ2n) is 4.17. The fourth-order valence-corrected chi connectivity index (χ4v) is 1.65. The summed E-state index contributed by atoms with van der Waals surface area (Å²) in [5.74, 6) is 2.45. The molecule has 5 heteroatoms. The molecule has 0 aliphatic heterocycles. The number of nitrogens with zero attached hydrogens (tertiary/aromatic N) is 2. The summed E-state index contributed by atoms with van der Waals surface area (Å²) in [6.45, 7) is 0.927. The van der Waals surface area contributed by atoms with Gasteiger partial charge in [-0.1, -0.05) is 12.8 Å². The zero-order chi connectivity index (χ0) is 11.4. The van der Waals surface area contributed by atoms with Gasteiger partial charge in [-0.05, 0) is 18.8 Å². The van der Waals surface area contributed by atoms with Crippen molar-refractivity contribution in [3.05, 3.63) is 6.07 Å². The fourth-order valence-electron chi connectivity index (χ4n) is 1.65. The molecule has 0 saturated heterocycles. The Kier molecular flexibility index (Phi) is 3.44. The molecule has 0 spiro atoms. The summed E-state index contributed by atoms with van der Waals surface area (Å²) < 4.78 is 5.02. The molecule has 88 valence electrons. The van der Waals surface area contributed by atoms with E-state index in [2.05, 4.69) is 15.3 Å². The monoisotopic (exact) mass is 222 g/mol. The molecule has 16 heavy (non-hydrogen) atoms. The van der Waals surface area contributed by atoms with Gasteiger partial charge in [0.2, 0.25) is 11.8 Å². The third kappa shape index (κ3) is 3.25. The SMILES string of the molecule is COc1cc(NCCCC2CC2)nc(N)n1. The number of nitrogens with one attached hydrogen (secondary N) is 1. The number of anilines is 2. The molecule has 2 rings (SSSR count). The number of nitrogen functional groups attached to an aromatic ring is 1. The first-order chi connectivity index (χ1) is 7.78. The number of nitrogens with two attached hydrogens (primary N) is 1. The molecule has 1 saturated carbocycles. The average molecular weight is 222 g/mol. The molecule has 0 amide bonds. The first-order valence-corrected chi connectivity index (χ1v) is 5.70. The van der Waals surface area contributed by atoms with Crippen LogP contribution < -0.4 is 15.8 Å². The number of hydrogen-bond acceptors (Lipinski definition) is 5. The second kappa shape index (κ2) is 5.01. The molecule has 1 aliphatic rings. The van der Waals surface area contributed by atoms with E-state index in [-0.39, 0.29) is 5.95 Å². The minimum atomic E-state index is 0.240. The Hall–Kier alpha value is -1.52. The van der Waals surface area contributed by atoms with Gasteiger partial charge in [-0.2, -0.15) is 9.97 Å². The Morgan fingerprint density at radius 3 is 3.00 bits per heavy atom. The molecule has 0 aromatic carbocycles. The molecule has 1 aromatic heterocycles. The molecule has 0 atom stereocenters. The Labute approximate surface area is 95.4 Å². The van der Waals surface area contributed by atoms with Crippen molar-refractivity contribution >= 4 is 11.8 Å². The van der Waals surface area contributed by atoms with Gasteiger partial charge in [-0.3, -0.25) is 0 Å². The molecular weight excluding hydrogens is 204 g/mol. The van der Waals surface area contributed by atoms with Gasteiger partial charge in [0.05, 0.1) is 7.11 Å². The summed E-state index contributed by atoms with van der Waals surface area (Å²) in [5, 5.41) is 3.23. The fraction of sp³-hybridized carbons (Fsp3) is 0.636. The van der Waals surface area contributed by atoms with Crippen LogP contribution in [-0.4, -0.2) is 23.6 Å². The van der Waals surface area contributed by atoms with Gasteiger partial charge in [0.25, 0.3) is 0 Å². The Morgan fingerprint density at radius 2 is 2.31 bits per heavy atom. The van der Waals surface area contributed by atoms with Crippen LogP contribution in [-0.2, 0) is 0 Å². The molecule has 1 aromatic rings. The van der Waals surface area contributed by atoms with Crippen molar-refractivity contribution in [3.8, 4) is 5.88 Å². The maximum Gasteiger partial charge on any atom is 0.225 e. The molecule has 1 heterocycles. The second-order valence-corrected chi connectivity index (χ2v) is 4.17. The highest BCUT2D eigenvalue weighted by molar-refractivity contribution is 5.42. The minimum Gasteiger partial charge on any atom is -0.481 e. The normalized spacial score (nSPS) is 14.8. The molecular formula is C11H18N4O. The highest BCUT2D eigenvalue weighted by Gasteiger charge is 2.19. The zero-order valence-electron chi connectivity index (χ0n) is 9.57. The Morgan fingerprint density at radius 1 is 1.50 bits per heavy atom. The molecule has 0 unspecified atom stereocenters. The number of rotatable bonds is 6. The molecule has 1 fully saturated rings. The van der Waals surface area contributed by atoms with Crippen molar-refractivity contribution in [2.45, 2.75) is 25.7 Å². The van der Waals surface area contributed by atoms with Gasteiger partial charge in [0.15, 0.2) is 0 Å². The van der Waals surface area contributed by atoms with Crippen molar-refractivity contribution in [1.29, 1.82) is 0 Å². The van der Waals surface area contributed by atoms with Crippen LogP contribution in [0.3, 0.4) is 0 Å². The van der Waals surface area contributed by atoms with E-state index in [9.17, 15) is 0 Å². The van der Waals surface area contributed by atoms with Crippen LogP contribution in [0.5, 0.6) is 5.88 Å². The van der Waals surface area contributed by atoms with Crippen LogP contribution in [0.2, 0.25) is 0 Å². The van der Waals surface area contributed by atoms with Gasteiger partial charge in [0, 0.05) is 12.6 Å². The first kappa shape index (κ1) is 11.0. The topological polar surface area (TPSA) is 73.1 Å². The maximum absolute atomic E-state index is 5.56. The van der Waals surface area contributed by atoms with E-state index in [1.807, 2.05) is 0 Å². The summed E-state index contributed by atoms with van der Waals surface area (Å²) in [6.07, 6.45) is 5.31. The third-order valence-electron chi connectivity index (χ3n) is 2.72. The van der Waals surface area contributed by atoms with E-state index in [1.54, 1.807) is 13.2 Å². The van der Waals surface area contributed by atoms with E-state index in [0.717, 1.165) is 18.3 Å². The van der Waals surface area contributed by atoms with E-state index in [4.69, 9.17) is 10.5 Å². The predicted molar refractivity (Wildman–Crippen MR) is 63.4 cm³/mol. The van der Waals surface area contributed by atoms with E-state index in [1.165, 1.54) is 25.7 Å². The van der Waals surface area contributed by atoms with Gasteiger partial charge < -0.3 is 15.8 Å². The molecule has 1 aliphatic carbocycles. The van der Waals surface area contributed by atoms with E-state index < -0.39 is 0 Å². The lowest BCUT2D eigenvalue weighted by Gasteiger charge is -2.07. The standard InChI is InChI=1S/C11H18N4O/c1-16-10-7-9(14-11(12)15-10)13-6-2-3-8-4-5-8/h7-8H,2-6H2,1H3,(H3,12,13,14,15). The Bertz CT molecular complexity index is 352. The minimum absolute atomic E-state index is 0.240. The van der Waals surface area contributed by atoms with Crippen LogP contribution in [0.25, 0.3) is 0 Å². The first-order valence-electron chi connectivity index (χ1n) is 5.70. The number of ether oxygens (including phenoxy) is 1. The van der Waals surface area contributed by atoms with Crippen LogP contribution in [0.15, 0.2) is 6.07 Å². The summed E-state index contributed by atoms with van der Waals surface area (Å²) in [4.78, 5) is 8.01. The van der Waals surface area contributed by atoms with Gasteiger partial charge >= 0.3 is 0 Å². The van der Waals surface area contributed by atoms with Crippen LogP contribution in [0.4, 0.5) is 11.8 Å². The molecule has 5 nitrogen and oxygen atoms in total. The Balaban J connectivity index is 1.80. The lowest BCUT2D eigenvalue weighted by atomic mass is 10.2. The molecule has 3 N–H and O–H groups in total. The van der Waals surface area contributed by atoms with Crippen molar-refractivity contribution in [3.63, 3.8) is 0 Å². The lowest BCUT2D eigenvalue weighted by Crippen LogP contribution is -2.06. The van der Waals surface area contributed by atoms with E-state index in [0.29, 0.717) is 5.88 Å². The highest BCUT2D eigenvalue weighted by Crippen LogP contribution is 2.33. The zero-order valence-corrected chi connectivity index (χ0v) is 9.57. The maximum atomic E-state index is 5.56. The smallest absolute Gasteiger partial charge is 0.225 e. The predicted octanol–water partition coefficient (Wildman–Crippen LogP) is 1.67. The summed E-state index contributed by atoms with van der Waals surface area (Å²) in [6, 6.07) is 1.76. The highest BCUT2D eigenvalue weighted by atomic mass is 16.5. The van der Waals surface area contributed by atoms with Crippen molar-refractivity contribution < 1.29 is 4.74 Å². The van der Waals surface area contributed by atoms with Crippen LogP contribution in [0, 0.1) is 5.92 Å². The number of aromatic nitrogens is 2. The number of methoxy groups -OCH3 is 1. The molecule has 0 radical (unpaired) electrons. The summed E-state index contributed by atoms with van der Waals surface area (Å²) >= 11 is 0. The third-order valence-corrected chi connectivity index (χ3v) is 2.72. The summed E-state index contributed by atoms with van der Waals surface area (Å²) in [5.41, 5.74) is 5.56. The van der Waals surface area contributed by atoms with E-state index >= 15 is 0 Å². The average Bonchev–Trinajstić information content (AvgIpc) is 3.07. The molecule has 0 bridgehead atoms. The van der Waals surface area contributed by atoms with Crippen LogP contribution in [0.1, 0.15) is 25.7 Å². The largest absolute Gasteiger partial charge is 0.481 e. The van der Waals surface area contributed by atoms with Crippen LogP contribution >= 0.6 is 0 Å². The van der Waals surface area contributed by atoms with Crippen molar-refractivity contribution in [1.82, 2.24) is 9.97 Å². The quantitative estimate of drug-likeness (QED) is 0.716. The van der Waals surface area contributed by atoms with Gasteiger partial charge in [-0.25, -0.2) is 0 Å². The van der Waals surface area contributed by atoms with Crippen molar-refractivity contribution in [2.75, 3.05) is 24.7 Å². The van der Waals surface area contributed by atoms with Gasteiger partial charge in [0.1, 0.15) is 5.82 Å². The number of hydrogen-bond donors (Lipinski definition) is 2.